The van der Waals surface area contributed by atoms with Crippen LogP contribution in [0.3, 0.4) is 0 Å². The van der Waals surface area contributed by atoms with Gasteiger partial charge in [-0.2, -0.15) is 5.26 Å². The molecule has 3 heterocycles. The van der Waals surface area contributed by atoms with E-state index in [0.29, 0.717) is 10.6 Å². The van der Waals surface area contributed by atoms with E-state index in [1.54, 1.807) is 22.7 Å². The summed E-state index contributed by atoms with van der Waals surface area (Å²) in [6.07, 6.45) is 0. The van der Waals surface area contributed by atoms with E-state index in [2.05, 4.69) is 25.1 Å². The van der Waals surface area contributed by atoms with Crippen molar-refractivity contribution < 1.29 is 0 Å². The van der Waals surface area contributed by atoms with Crippen molar-refractivity contribution in [3.8, 4) is 26.3 Å². The Morgan fingerprint density at radius 1 is 1.16 bits per heavy atom. The second kappa shape index (κ2) is 4.82. The van der Waals surface area contributed by atoms with Gasteiger partial charge in [0.2, 0.25) is 0 Å². The number of rotatable bonds is 2. The molecular weight excluding hydrogens is 292 g/mol. The predicted molar refractivity (Wildman–Crippen MR) is 84.8 cm³/mol. The Kier molecular flexibility index (Phi) is 3.15. The summed E-state index contributed by atoms with van der Waals surface area (Å²) in [7, 11) is 0. The quantitative estimate of drug-likeness (QED) is 0.726. The van der Waals surface area contributed by atoms with Gasteiger partial charge in [0.05, 0.1) is 10.6 Å². The first-order valence-corrected chi connectivity index (χ1v) is 8.15. The van der Waals surface area contributed by atoms with Crippen LogP contribution in [0.25, 0.3) is 20.2 Å². The van der Waals surface area contributed by atoms with Gasteiger partial charge in [-0.15, -0.1) is 34.0 Å². The summed E-state index contributed by atoms with van der Waals surface area (Å²) in [6, 6.07) is 10.5. The van der Waals surface area contributed by atoms with E-state index >= 15 is 0 Å². The zero-order chi connectivity index (χ0) is 13.4. The minimum Gasteiger partial charge on any atom is -0.396 e. The molecule has 3 aromatic heterocycles. The molecule has 19 heavy (non-hydrogen) atoms. The van der Waals surface area contributed by atoms with Crippen LogP contribution in [-0.4, -0.2) is 0 Å². The fraction of sp³-hybridized carbons (Fsp3) is 0.0714. The molecule has 0 fully saturated rings. The molecule has 0 aromatic carbocycles. The molecule has 2 N–H and O–H groups in total. The molecule has 0 aliphatic rings. The third kappa shape index (κ3) is 2.08. The zero-order valence-corrected chi connectivity index (χ0v) is 12.6. The third-order valence-electron chi connectivity index (χ3n) is 2.78. The second-order valence-electron chi connectivity index (χ2n) is 4.05. The molecule has 3 rings (SSSR count). The van der Waals surface area contributed by atoms with E-state index in [4.69, 9.17) is 5.73 Å². The Balaban J connectivity index is 2.27. The van der Waals surface area contributed by atoms with Gasteiger partial charge in [0.25, 0.3) is 0 Å². The number of anilines is 1. The molecule has 0 unspecified atom stereocenters. The molecule has 0 saturated carbocycles. The van der Waals surface area contributed by atoms with Crippen LogP contribution in [0, 0.1) is 18.3 Å². The molecule has 0 amide bonds. The Morgan fingerprint density at radius 2 is 2.00 bits per heavy atom. The minimum atomic E-state index is 0.601. The van der Waals surface area contributed by atoms with Crippen LogP contribution >= 0.6 is 34.0 Å². The van der Waals surface area contributed by atoms with E-state index < -0.39 is 0 Å². The Labute approximate surface area is 123 Å². The first kappa shape index (κ1) is 12.4. The van der Waals surface area contributed by atoms with Gasteiger partial charge in [0.1, 0.15) is 10.9 Å². The van der Waals surface area contributed by atoms with Crippen molar-refractivity contribution in [2.24, 2.45) is 0 Å². The summed E-state index contributed by atoms with van der Waals surface area (Å²) in [6.45, 7) is 2.08. The van der Waals surface area contributed by atoms with Crippen LogP contribution in [-0.2, 0) is 0 Å². The summed E-state index contributed by atoms with van der Waals surface area (Å²) in [4.78, 5) is 5.27. The first-order valence-electron chi connectivity index (χ1n) is 5.63. The highest BCUT2D eigenvalue weighted by molar-refractivity contribution is 7.23. The smallest absolute Gasteiger partial charge is 0.129 e. The van der Waals surface area contributed by atoms with Crippen LogP contribution in [0.1, 0.15) is 9.75 Å². The lowest BCUT2D eigenvalue weighted by Crippen LogP contribution is -1.87. The SMILES string of the molecule is Cc1ccc(-c2sc(C#N)c(N)c2-c2cccs2)s1. The van der Waals surface area contributed by atoms with Gasteiger partial charge in [-0.3, -0.25) is 0 Å². The van der Waals surface area contributed by atoms with E-state index in [1.165, 1.54) is 21.1 Å². The lowest BCUT2D eigenvalue weighted by molar-refractivity contribution is 1.52. The lowest BCUT2D eigenvalue weighted by atomic mass is 10.1. The van der Waals surface area contributed by atoms with Crippen molar-refractivity contribution in [3.05, 3.63) is 39.4 Å². The van der Waals surface area contributed by atoms with Crippen LogP contribution < -0.4 is 5.73 Å². The van der Waals surface area contributed by atoms with E-state index in [1.807, 2.05) is 17.5 Å². The normalized spacial score (nSPS) is 10.5. The molecule has 0 aliphatic carbocycles. The van der Waals surface area contributed by atoms with Crippen LogP contribution in [0.4, 0.5) is 5.69 Å². The highest BCUT2D eigenvalue weighted by Gasteiger charge is 2.20. The molecule has 94 valence electrons. The van der Waals surface area contributed by atoms with Crippen molar-refractivity contribution in [3.63, 3.8) is 0 Å². The molecule has 0 aliphatic heterocycles. The van der Waals surface area contributed by atoms with Gasteiger partial charge in [-0.25, -0.2) is 0 Å². The number of nitriles is 1. The Bertz CT molecular complexity index is 757. The van der Waals surface area contributed by atoms with E-state index in [0.717, 1.165) is 15.3 Å². The zero-order valence-electron chi connectivity index (χ0n) is 10.1. The van der Waals surface area contributed by atoms with Gasteiger partial charge < -0.3 is 5.73 Å². The van der Waals surface area contributed by atoms with E-state index in [9.17, 15) is 5.26 Å². The first-order chi connectivity index (χ1) is 9.20. The number of nitrogens with two attached hydrogens (primary N) is 1. The maximum atomic E-state index is 9.19. The van der Waals surface area contributed by atoms with Gasteiger partial charge >= 0.3 is 0 Å². The minimum absolute atomic E-state index is 0.601. The standard InChI is InChI=1S/C14H10N2S3/c1-8-4-5-10(18-8)14-12(9-3-2-6-17-9)13(16)11(7-15)19-14/h2-6H,16H2,1H3. The maximum absolute atomic E-state index is 9.19. The fourth-order valence-corrected chi connectivity index (χ4v) is 4.79. The molecule has 5 heteroatoms. The third-order valence-corrected chi connectivity index (χ3v) is 5.96. The van der Waals surface area contributed by atoms with Crippen molar-refractivity contribution in [1.82, 2.24) is 0 Å². The number of hydrogen-bond acceptors (Lipinski definition) is 5. The molecular formula is C14H10N2S3. The monoisotopic (exact) mass is 302 g/mol. The molecule has 3 aromatic rings. The number of nitrogens with zero attached hydrogens (tertiary/aromatic N) is 1. The van der Waals surface area contributed by atoms with Crippen LogP contribution in [0.5, 0.6) is 0 Å². The highest BCUT2D eigenvalue weighted by atomic mass is 32.1. The summed E-state index contributed by atoms with van der Waals surface area (Å²) in [5, 5.41) is 11.2. The van der Waals surface area contributed by atoms with Crippen molar-refractivity contribution in [1.29, 1.82) is 5.26 Å². The van der Waals surface area contributed by atoms with Gasteiger partial charge in [0.15, 0.2) is 0 Å². The molecule has 0 atom stereocenters. The van der Waals surface area contributed by atoms with Crippen LogP contribution in [0.2, 0.25) is 0 Å². The number of aryl methyl sites for hydroxylation is 1. The summed E-state index contributed by atoms with van der Waals surface area (Å²) in [5.41, 5.74) is 7.77. The van der Waals surface area contributed by atoms with Crippen molar-refractivity contribution in [2.75, 3.05) is 5.73 Å². The summed E-state index contributed by atoms with van der Waals surface area (Å²) < 4.78 is 0. The molecule has 0 bridgehead atoms. The molecule has 0 saturated heterocycles. The van der Waals surface area contributed by atoms with E-state index in [-0.39, 0.29) is 0 Å². The molecule has 2 nitrogen and oxygen atoms in total. The average Bonchev–Trinajstić information content (AvgIpc) is 3.08. The van der Waals surface area contributed by atoms with Crippen molar-refractivity contribution >= 4 is 39.7 Å². The van der Waals surface area contributed by atoms with Crippen LogP contribution in [0.15, 0.2) is 29.6 Å². The van der Waals surface area contributed by atoms with Gasteiger partial charge in [-0.1, -0.05) is 6.07 Å². The topological polar surface area (TPSA) is 49.8 Å². The predicted octanol–water partition coefficient (Wildman–Crippen LogP) is 4.97. The molecule has 0 spiro atoms. The Hall–Kier alpha value is -1.61. The Morgan fingerprint density at radius 3 is 2.58 bits per heavy atom. The number of nitrogen functional groups attached to an aromatic ring is 1. The average molecular weight is 302 g/mol. The largest absolute Gasteiger partial charge is 0.396 e. The maximum Gasteiger partial charge on any atom is 0.129 e. The second-order valence-corrected chi connectivity index (χ2v) is 7.30. The number of thiophene rings is 3. The summed E-state index contributed by atoms with van der Waals surface area (Å²) in [5.74, 6) is 0. The van der Waals surface area contributed by atoms with Gasteiger partial charge in [0, 0.05) is 20.2 Å². The summed E-state index contributed by atoms with van der Waals surface area (Å²) >= 11 is 4.87. The number of hydrogen-bond donors (Lipinski definition) is 1. The highest BCUT2D eigenvalue weighted by Crippen LogP contribution is 2.47. The van der Waals surface area contributed by atoms with Crippen molar-refractivity contribution in [2.45, 2.75) is 6.92 Å². The van der Waals surface area contributed by atoms with Gasteiger partial charge in [-0.05, 0) is 30.5 Å². The molecule has 0 radical (unpaired) electrons. The lowest BCUT2D eigenvalue weighted by Gasteiger charge is -2.00. The fourth-order valence-electron chi connectivity index (χ4n) is 1.92.